The van der Waals surface area contributed by atoms with E-state index < -0.39 is 12.3 Å². The van der Waals surface area contributed by atoms with Crippen molar-refractivity contribution in [2.75, 3.05) is 0 Å². The molecule has 6 atom stereocenters. The Morgan fingerprint density at radius 2 is 1.96 bits per heavy atom. The van der Waals surface area contributed by atoms with Crippen LogP contribution in [-0.4, -0.2) is 24.2 Å². The molecule has 0 spiro atoms. The number of nitrogens with one attached hydrogen (secondary N) is 1. The molecule has 1 aromatic rings. The monoisotopic (exact) mass is 369 g/mol. The maximum Gasteiger partial charge on any atom is 0.323 e. The number of cyclic esters (lactones) is 1. The van der Waals surface area contributed by atoms with Crippen LogP contribution in [0.15, 0.2) is 42.5 Å². The van der Waals surface area contributed by atoms with E-state index in [2.05, 4.69) is 31.3 Å². The highest BCUT2D eigenvalue weighted by Gasteiger charge is 2.58. The van der Waals surface area contributed by atoms with E-state index in [-0.39, 0.29) is 30.4 Å². The van der Waals surface area contributed by atoms with E-state index in [1.807, 2.05) is 30.3 Å². The number of hydrogen-bond acceptors (Lipinski definition) is 5. The van der Waals surface area contributed by atoms with Crippen LogP contribution in [0, 0.1) is 29.6 Å². The fraction of sp³-hybridized carbons (Fsp3) is 0.545. The molecule has 1 saturated heterocycles. The van der Waals surface area contributed by atoms with Crippen molar-refractivity contribution in [3.8, 4) is 0 Å². The second kappa shape index (κ2) is 7.47. The molecule has 1 heterocycles. The molecule has 0 unspecified atom stereocenters. The predicted octanol–water partition coefficient (Wildman–Crippen LogP) is 3.06. The van der Waals surface area contributed by atoms with Crippen LogP contribution in [0.2, 0.25) is 0 Å². The SMILES string of the molecule is CC(C)C[C@@H](N[C@@H]1OC(=O)[C@@H]2[C@H]1[C@@H]1C=C[C@H]2C1)C(=O)OCc1ccccc1. The van der Waals surface area contributed by atoms with Crippen LogP contribution in [0.5, 0.6) is 0 Å². The third-order valence-corrected chi connectivity index (χ3v) is 5.97. The first kappa shape index (κ1) is 18.2. The number of carbonyl (C=O) groups is 2. The summed E-state index contributed by atoms with van der Waals surface area (Å²) in [5.41, 5.74) is 0.958. The van der Waals surface area contributed by atoms with Crippen molar-refractivity contribution in [2.45, 2.75) is 45.6 Å². The topological polar surface area (TPSA) is 64.6 Å². The highest BCUT2D eigenvalue weighted by molar-refractivity contribution is 5.78. The van der Waals surface area contributed by atoms with Gasteiger partial charge in [0.05, 0.1) is 5.92 Å². The summed E-state index contributed by atoms with van der Waals surface area (Å²) < 4.78 is 11.2. The van der Waals surface area contributed by atoms with Gasteiger partial charge >= 0.3 is 11.9 Å². The van der Waals surface area contributed by atoms with Crippen molar-refractivity contribution in [1.29, 1.82) is 0 Å². The number of fused-ring (bicyclic) bond motifs is 5. The van der Waals surface area contributed by atoms with E-state index in [0.29, 0.717) is 24.2 Å². The molecule has 144 valence electrons. The van der Waals surface area contributed by atoms with Crippen LogP contribution in [-0.2, 0) is 25.7 Å². The van der Waals surface area contributed by atoms with Gasteiger partial charge in [-0.25, -0.2) is 0 Å². The van der Waals surface area contributed by atoms with E-state index in [9.17, 15) is 9.59 Å². The summed E-state index contributed by atoms with van der Waals surface area (Å²) in [6, 6.07) is 9.17. The molecule has 2 fully saturated rings. The molecule has 5 heteroatoms. The number of esters is 2. The van der Waals surface area contributed by atoms with Gasteiger partial charge in [-0.05, 0) is 36.2 Å². The third kappa shape index (κ3) is 3.65. The fourth-order valence-corrected chi connectivity index (χ4v) is 4.76. The summed E-state index contributed by atoms with van der Waals surface area (Å²) in [6.07, 6.45) is 5.61. The number of rotatable bonds is 7. The largest absolute Gasteiger partial charge is 0.460 e. The maximum atomic E-state index is 12.7. The van der Waals surface area contributed by atoms with Gasteiger partial charge in [-0.1, -0.05) is 56.3 Å². The molecular formula is C22H27NO4. The van der Waals surface area contributed by atoms with Gasteiger partial charge in [0.1, 0.15) is 12.6 Å². The molecule has 1 aliphatic heterocycles. The van der Waals surface area contributed by atoms with Gasteiger partial charge in [0.25, 0.3) is 0 Å². The quantitative estimate of drug-likeness (QED) is 0.591. The van der Waals surface area contributed by atoms with Gasteiger partial charge in [-0.3, -0.25) is 14.9 Å². The molecule has 4 rings (SSSR count). The lowest BCUT2D eigenvalue weighted by Gasteiger charge is -2.27. The van der Waals surface area contributed by atoms with E-state index in [1.54, 1.807) is 0 Å². The normalized spacial score (nSPS) is 31.8. The summed E-state index contributed by atoms with van der Waals surface area (Å²) >= 11 is 0. The number of hydrogen-bond donors (Lipinski definition) is 1. The minimum Gasteiger partial charge on any atom is -0.460 e. The van der Waals surface area contributed by atoms with Crippen LogP contribution in [0.3, 0.4) is 0 Å². The summed E-state index contributed by atoms with van der Waals surface area (Å²) in [6.45, 7) is 4.39. The lowest BCUT2D eigenvalue weighted by Crippen LogP contribution is -2.48. The molecule has 2 bridgehead atoms. The molecule has 27 heavy (non-hydrogen) atoms. The average molecular weight is 369 g/mol. The smallest absolute Gasteiger partial charge is 0.323 e. The van der Waals surface area contributed by atoms with Crippen LogP contribution >= 0.6 is 0 Å². The molecular weight excluding hydrogens is 342 g/mol. The zero-order chi connectivity index (χ0) is 19.0. The Morgan fingerprint density at radius 3 is 2.70 bits per heavy atom. The minimum absolute atomic E-state index is 0.0578. The molecule has 3 aliphatic rings. The average Bonchev–Trinajstić information content (AvgIpc) is 3.34. The Balaban J connectivity index is 1.42. The van der Waals surface area contributed by atoms with Gasteiger partial charge in [-0.2, -0.15) is 0 Å². The molecule has 0 aromatic heterocycles. The molecule has 0 amide bonds. The fourth-order valence-electron chi connectivity index (χ4n) is 4.76. The Hall–Kier alpha value is -2.14. The van der Waals surface area contributed by atoms with E-state index in [4.69, 9.17) is 9.47 Å². The Kier molecular flexibility index (Phi) is 5.04. The lowest BCUT2D eigenvalue weighted by molar-refractivity contribution is -0.153. The summed E-state index contributed by atoms with van der Waals surface area (Å²) in [5, 5.41) is 3.32. The zero-order valence-electron chi connectivity index (χ0n) is 15.8. The van der Waals surface area contributed by atoms with E-state index in [0.717, 1.165) is 12.0 Å². The van der Waals surface area contributed by atoms with Crippen LogP contribution in [0.25, 0.3) is 0 Å². The van der Waals surface area contributed by atoms with Crippen molar-refractivity contribution < 1.29 is 19.1 Å². The first-order valence-corrected chi connectivity index (χ1v) is 9.88. The first-order valence-electron chi connectivity index (χ1n) is 9.88. The Labute approximate surface area is 160 Å². The van der Waals surface area contributed by atoms with Gasteiger partial charge in [0.2, 0.25) is 0 Å². The number of benzene rings is 1. The van der Waals surface area contributed by atoms with Gasteiger partial charge in [0.15, 0.2) is 6.23 Å². The molecule has 2 aliphatic carbocycles. The second-order valence-electron chi connectivity index (χ2n) is 8.35. The van der Waals surface area contributed by atoms with Crippen LogP contribution < -0.4 is 5.32 Å². The van der Waals surface area contributed by atoms with Crippen molar-refractivity contribution >= 4 is 11.9 Å². The van der Waals surface area contributed by atoms with Gasteiger partial charge < -0.3 is 9.47 Å². The third-order valence-electron chi connectivity index (χ3n) is 5.97. The van der Waals surface area contributed by atoms with Gasteiger partial charge in [0, 0.05) is 5.92 Å². The number of carbonyl (C=O) groups excluding carboxylic acids is 2. The minimum atomic E-state index is -0.478. The van der Waals surface area contributed by atoms with Crippen molar-refractivity contribution in [1.82, 2.24) is 5.32 Å². The Morgan fingerprint density at radius 1 is 1.22 bits per heavy atom. The van der Waals surface area contributed by atoms with Crippen LogP contribution in [0.4, 0.5) is 0 Å². The Bertz CT molecular complexity index is 729. The molecule has 0 radical (unpaired) electrons. The molecule has 5 nitrogen and oxygen atoms in total. The molecule has 1 saturated carbocycles. The first-order chi connectivity index (χ1) is 13.0. The highest BCUT2D eigenvalue weighted by atomic mass is 16.6. The molecule has 1 aromatic carbocycles. The number of allylic oxidation sites excluding steroid dienone is 2. The standard InChI is InChI=1S/C22H27NO4/c1-13(2)10-17(21(24)26-12-14-6-4-3-5-7-14)23-20-18-15-8-9-16(11-15)19(18)22(25)27-20/h3-9,13,15-20,23H,10-12H2,1-2H3/t15-,16+,17-,18-,19+,20-/m1/s1. The summed E-state index contributed by atoms with van der Waals surface area (Å²) in [4.78, 5) is 25.1. The second-order valence-corrected chi connectivity index (χ2v) is 8.35. The number of ether oxygens (including phenoxy) is 2. The van der Waals surface area contributed by atoms with Crippen molar-refractivity contribution in [2.24, 2.45) is 29.6 Å². The zero-order valence-corrected chi connectivity index (χ0v) is 15.8. The van der Waals surface area contributed by atoms with Crippen molar-refractivity contribution in [3.05, 3.63) is 48.0 Å². The van der Waals surface area contributed by atoms with Crippen molar-refractivity contribution in [3.63, 3.8) is 0 Å². The van der Waals surface area contributed by atoms with E-state index in [1.165, 1.54) is 0 Å². The summed E-state index contributed by atoms with van der Waals surface area (Å²) in [7, 11) is 0. The lowest BCUT2D eigenvalue weighted by atomic mass is 9.83. The highest BCUT2D eigenvalue weighted by Crippen LogP contribution is 2.53. The predicted molar refractivity (Wildman–Crippen MR) is 100 cm³/mol. The van der Waals surface area contributed by atoms with E-state index >= 15 is 0 Å². The molecule has 1 N–H and O–H groups in total. The maximum absolute atomic E-state index is 12.7. The van der Waals surface area contributed by atoms with Crippen LogP contribution in [0.1, 0.15) is 32.3 Å². The van der Waals surface area contributed by atoms with Gasteiger partial charge in [-0.15, -0.1) is 0 Å². The summed E-state index contributed by atoms with van der Waals surface area (Å²) in [5.74, 6) is 0.638.